The van der Waals surface area contributed by atoms with E-state index in [-0.39, 0.29) is 5.82 Å². The highest BCUT2D eigenvalue weighted by molar-refractivity contribution is 5.46. The third-order valence-electron chi connectivity index (χ3n) is 2.77. The molecule has 0 heterocycles. The standard InChI is InChI=1S/C12H16FN/c1-9-6-10(13)8-12(7-9)14-11-4-2-3-5-11/h6-8,11,14H,2-5H2,1H3. The van der Waals surface area contributed by atoms with Gasteiger partial charge in [0, 0.05) is 11.7 Å². The van der Waals surface area contributed by atoms with E-state index in [1.165, 1.54) is 25.7 Å². The Balaban J connectivity index is 2.07. The molecule has 0 unspecified atom stereocenters. The van der Waals surface area contributed by atoms with Crippen molar-refractivity contribution in [2.45, 2.75) is 38.6 Å². The lowest BCUT2D eigenvalue weighted by molar-refractivity contribution is 0.626. The summed E-state index contributed by atoms with van der Waals surface area (Å²) in [5, 5.41) is 3.38. The van der Waals surface area contributed by atoms with E-state index in [1.807, 2.05) is 13.0 Å². The van der Waals surface area contributed by atoms with Crippen LogP contribution in [0.2, 0.25) is 0 Å². The van der Waals surface area contributed by atoms with Crippen molar-refractivity contribution in [3.8, 4) is 0 Å². The SMILES string of the molecule is Cc1cc(F)cc(NC2CCCC2)c1. The molecule has 2 heteroatoms. The molecule has 0 bridgehead atoms. The maximum Gasteiger partial charge on any atom is 0.125 e. The number of benzene rings is 1. The van der Waals surface area contributed by atoms with Crippen molar-refractivity contribution in [1.29, 1.82) is 0 Å². The van der Waals surface area contributed by atoms with Gasteiger partial charge in [0.05, 0.1) is 0 Å². The van der Waals surface area contributed by atoms with E-state index in [9.17, 15) is 4.39 Å². The Morgan fingerprint density at radius 2 is 1.93 bits per heavy atom. The van der Waals surface area contributed by atoms with Gasteiger partial charge < -0.3 is 5.32 Å². The van der Waals surface area contributed by atoms with Gasteiger partial charge in [-0.25, -0.2) is 4.39 Å². The van der Waals surface area contributed by atoms with Crippen LogP contribution >= 0.6 is 0 Å². The summed E-state index contributed by atoms with van der Waals surface area (Å²) in [5.41, 5.74) is 1.90. The largest absolute Gasteiger partial charge is 0.382 e. The Kier molecular flexibility index (Phi) is 2.71. The van der Waals surface area contributed by atoms with Crippen molar-refractivity contribution in [3.63, 3.8) is 0 Å². The van der Waals surface area contributed by atoms with Gasteiger partial charge in [-0.2, -0.15) is 0 Å². The molecule has 1 aromatic rings. The first-order valence-electron chi connectivity index (χ1n) is 5.28. The second-order valence-corrected chi connectivity index (χ2v) is 4.14. The molecule has 1 N–H and O–H groups in total. The van der Waals surface area contributed by atoms with Crippen LogP contribution in [-0.2, 0) is 0 Å². The lowest BCUT2D eigenvalue weighted by atomic mass is 10.2. The van der Waals surface area contributed by atoms with Crippen molar-refractivity contribution in [2.75, 3.05) is 5.32 Å². The summed E-state index contributed by atoms with van der Waals surface area (Å²) in [6.45, 7) is 1.92. The first kappa shape index (κ1) is 9.50. The van der Waals surface area contributed by atoms with Crippen molar-refractivity contribution >= 4 is 5.69 Å². The monoisotopic (exact) mass is 193 g/mol. The molecule has 0 atom stereocenters. The van der Waals surface area contributed by atoms with Crippen molar-refractivity contribution in [3.05, 3.63) is 29.6 Å². The molecular weight excluding hydrogens is 177 g/mol. The zero-order valence-electron chi connectivity index (χ0n) is 8.52. The molecule has 1 saturated carbocycles. The summed E-state index contributed by atoms with van der Waals surface area (Å²) in [7, 11) is 0. The maximum absolute atomic E-state index is 13.1. The second-order valence-electron chi connectivity index (χ2n) is 4.14. The quantitative estimate of drug-likeness (QED) is 0.758. The molecule has 0 radical (unpaired) electrons. The molecule has 0 aliphatic heterocycles. The molecule has 1 aliphatic rings. The highest BCUT2D eigenvalue weighted by atomic mass is 19.1. The van der Waals surface area contributed by atoms with Crippen molar-refractivity contribution in [2.24, 2.45) is 0 Å². The number of hydrogen-bond acceptors (Lipinski definition) is 1. The van der Waals surface area contributed by atoms with Gasteiger partial charge >= 0.3 is 0 Å². The smallest absolute Gasteiger partial charge is 0.125 e. The topological polar surface area (TPSA) is 12.0 Å². The van der Waals surface area contributed by atoms with Crippen LogP contribution in [0.5, 0.6) is 0 Å². The molecule has 2 rings (SSSR count). The summed E-state index contributed by atoms with van der Waals surface area (Å²) < 4.78 is 13.1. The third kappa shape index (κ3) is 2.25. The van der Waals surface area contributed by atoms with E-state index in [2.05, 4.69) is 5.32 Å². The average molecular weight is 193 g/mol. The summed E-state index contributed by atoms with van der Waals surface area (Å²) in [4.78, 5) is 0. The molecule has 0 aromatic heterocycles. The van der Waals surface area contributed by atoms with Gasteiger partial charge in [-0.1, -0.05) is 12.8 Å². The van der Waals surface area contributed by atoms with E-state index < -0.39 is 0 Å². The molecule has 76 valence electrons. The van der Waals surface area contributed by atoms with Crippen molar-refractivity contribution in [1.82, 2.24) is 0 Å². The Bertz CT molecular complexity index is 296. The number of hydrogen-bond donors (Lipinski definition) is 1. The minimum Gasteiger partial charge on any atom is -0.382 e. The van der Waals surface area contributed by atoms with Gasteiger partial charge in [-0.15, -0.1) is 0 Å². The highest BCUT2D eigenvalue weighted by Gasteiger charge is 2.14. The second kappa shape index (κ2) is 3.99. The fourth-order valence-corrected chi connectivity index (χ4v) is 2.13. The van der Waals surface area contributed by atoms with Gasteiger partial charge in [0.2, 0.25) is 0 Å². The lowest BCUT2D eigenvalue weighted by Crippen LogP contribution is -2.14. The Labute approximate surface area is 84.3 Å². The number of nitrogens with one attached hydrogen (secondary N) is 1. The zero-order chi connectivity index (χ0) is 9.97. The summed E-state index contributed by atoms with van der Waals surface area (Å²) in [6, 6.07) is 5.68. The van der Waals surface area contributed by atoms with Crippen LogP contribution in [0, 0.1) is 12.7 Å². The summed E-state index contributed by atoms with van der Waals surface area (Å²) in [6.07, 6.45) is 5.03. The number of rotatable bonds is 2. The lowest BCUT2D eigenvalue weighted by Gasteiger charge is -2.13. The van der Waals surface area contributed by atoms with E-state index in [0.717, 1.165) is 11.3 Å². The number of halogens is 1. The maximum atomic E-state index is 13.1. The fraction of sp³-hybridized carbons (Fsp3) is 0.500. The first-order chi connectivity index (χ1) is 6.74. The van der Waals surface area contributed by atoms with Crippen LogP contribution in [0.15, 0.2) is 18.2 Å². The normalized spacial score (nSPS) is 17.3. The van der Waals surface area contributed by atoms with Crippen LogP contribution in [0.1, 0.15) is 31.2 Å². The molecule has 1 nitrogen and oxygen atoms in total. The van der Waals surface area contributed by atoms with Gasteiger partial charge in [0.1, 0.15) is 5.82 Å². The van der Waals surface area contributed by atoms with Crippen LogP contribution in [-0.4, -0.2) is 6.04 Å². The number of anilines is 1. The number of aryl methyl sites for hydroxylation is 1. The molecular formula is C12H16FN. The molecule has 14 heavy (non-hydrogen) atoms. The van der Waals surface area contributed by atoms with E-state index in [1.54, 1.807) is 12.1 Å². The summed E-state index contributed by atoms with van der Waals surface area (Å²) in [5.74, 6) is -0.148. The molecule has 0 saturated heterocycles. The Morgan fingerprint density at radius 1 is 1.21 bits per heavy atom. The predicted octanol–water partition coefficient (Wildman–Crippen LogP) is 3.49. The predicted molar refractivity (Wildman–Crippen MR) is 57.0 cm³/mol. The Hall–Kier alpha value is -1.05. The molecule has 0 spiro atoms. The minimum atomic E-state index is -0.148. The molecule has 1 aliphatic carbocycles. The Morgan fingerprint density at radius 3 is 2.57 bits per heavy atom. The van der Waals surface area contributed by atoms with Gasteiger partial charge in [-0.05, 0) is 43.5 Å². The van der Waals surface area contributed by atoms with Gasteiger partial charge in [-0.3, -0.25) is 0 Å². The van der Waals surface area contributed by atoms with Crippen molar-refractivity contribution < 1.29 is 4.39 Å². The molecule has 1 aromatic carbocycles. The molecule has 1 fully saturated rings. The van der Waals surface area contributed by atoms with Crippen LogP contribution in [0.4, 0.5) is 10.1 Å². The van der Waals surface area contributed by atoms with E-state index in [4.69, 9.17) is 0 Å². The first-order valence-corrected chi connectivity index (χ1v) is 5.28. The van der Waals surface area contributed by atoms with Gasteiger partial charge in [0.15, 0.2) is 0 Å². The average Bonchev–Trinajstić information content (AvgIpc) is 2.54. The van der Waals surface area contributed by atoms with Gasteiger partial charge in [0.25, 0.3) is 0 Å². The fourth-order valence-electron chi connectivity index (χ4n) is 2.13. The zero-order valence-corrected chi connectivity index (χ0v) is 8.52. The third-order valence-corrected chi connectivity index (χ3v) is 2.77. The minimum absolute atomic E-state index is 0.148. The van der Waals surface area contributed by atoms with E-state index >= 15 is 0 Å². The molecule has 0 amide bonds. The van der Waals surface area contributed by atoms with Crippen LogP contribution in [0.3, 0.4) is 0 Å². The van der Waals surface area contributed by atoms with E-state index in [0.29, 0.717) is 6.04 Å². The highest BCUT2D eigenvalue weighted by Crippen LogP contribution is 2.23. The summed E-state index contributed by atoms with van der Waals surface area (Å²) >= 11 is 0. The van der Waals surface area contributed by atoms with Crippen LogP contribution in [0.25, 0.3) is 0 Å². The van der Waals surface area contributed by atoms with Crippen LogP contribution < -0.4 is 5.32 Å².